The standard InChI is InChI=1S/C14H18FNO3/c1-9-7-16(3-4-19-9)8-11-5-12(15)6-13(10(2)17)14(11)18/h5-6,9,18H,3-4,7-8H2,1-2H3. The zero-order valence-electron chi connectivity index (χ0n) is 11.1. The highest BCUT2D eigenvalue weighted by Crippen LogP contribution is 2.26. The number of halogens is 1. The van der Waals surface area contributed by atoms with Crippen molar-refractivity contribution in [1.82, 2.24) is 4.90 Å². The lowest BCUT2D eigenvalue weighted by atomic mass is 10.0. The topological polar surface area (TPSA) is 49.8 Å². The van der Waals surface area contributed by atoms with Crippen LogP contribution in [0.15, 0.2) is 12.1 Å². The molecule has 104 valence electrons. The first-order valence-electron chi connectivity index (χ1n) is 6.33. The number of carbonyl (C=O) groups excluding carboxylic acids is 1. The average molecular weight is 267 g/mol. The zero-order chi connectivity index (χ0) is 14.0. The maximum Gasteiger partial charge on any atom is 0.163 e. The fourth-order valence-corrected chi connectivity index (χ4v) is 2.32. The third-order valence-corrected chi connectivity index (χ3v) is 3.25. The normalized spacial score (nSPS) is 20.5. The van der Waals surface area contributed by atoms with E-state index in [1.165, 1.54) is 13.0 Å². The highest BCUT2D eigenvalue weighted by atomic mass is 19.1. The van der Waals surface area contributed by atoms with Gasteiger partial charge in [0.15, 0.2) is 5.78 Å². The van der Waals surface area contributed by atoms with Gasteiger partial charge in [0.25, 0.3) is 0 Å². The van der Waals surface area contributed by atoms with E-state index < -0.39 is 5.82 Å². The van der Waals surface area contributed by atoms with Gasteiger partial charge in [-0.15, -0.1) is 0 Å². The van der Waals surface area contributed by atoms with E-state index in [2.05, 4.69) is 4.90 Å². The predicted octanol–water partition coefficient (Wildman–Crippen LogP) is 1.95. The number of hydrogen-bond donors (Lipinski definition) is 1. The van der Waals surface area contributed by atoms with Crippen LogP contribution in [0.3, 0.4) is 0 Å². The predicted molar refractivity (Wildman–Crippen MR) is 68.8 cm³/mol. The summed E-state index contributed by atoms with van der Waals surface area (Å²) in [6.07, 6.45) is 0.122. The summed E-state index contributed by atoms with van der Waals surface area (Å²) >= 11 is 0. The van der Waals surface area contributed by atoms with Crippen molar-refractivity contribution in [2.24, 2.45) is 0 Å². The first-order valence-corrected chi connectivity index (χ1v) is 6.33. The molecule has 2 rings (SSSR count). The Morgan fingerprint density at radius 2 is 2.32 bits per heavy atom. The summed E-state index contributed by atoms with van der Waals surface area (Å²) in [6, 6.07) is 2.35. The maximum atomic E-state index is 13.5. The molecule has 1 aromatic carbocycles. The second kappa shape index (κ2) is 5.67. The molecule has 4 nitrogen and oxygen atoms in total. The van der Waals surface area contributed by atoms with Gasteiger partial charge in [0.05, 0.1) is 18.3 Å². The molecule has 1 unspecified atom stereocenters. The Bertz CT molecular complexity index is 490. The minimum atomic E-state index is -0.501. The fraction of sp³-hybridized carbons (Fsp3) is 0.500. The number of nitrogens with zero attached hydrogens (tertiary/aromatic N) is 1. The molecule has 1 aliphatic rings. The Morgan fingerprint density at radius 1 is 1.58 bits per heavy atom. The zero-order valence-corrected chi connectivity index (χ0v) is 11.1. The van der Waals surface area contributed by atoms with Gasteiger partial charge in [-0.25, -0.2) is 4.39 Å². The van der Waals surface area contributed by atoms with Crippen LogP contribution < -0.4 is 0 Å². The summed E-state index contributed by atoms with van der Waals surface area (Å²) in [7, 11) is 0. The van der Waals surface area contributed by atoms with E-state index in [4.69, 9.17) is 4.74 Å². The van der Waals surface area contributed by atoms with Gasteiger partial charge in [0, 0.05) is 25.2 Å². The van der Waals surface area contributed by atoms with Gasteiger partial charge in [-0.2, -0.15) is 0 Å². The summed E-state index contributed by atoms with van der Waals surface area (Å²) < 4.78 is 18.9. The number of morpholine rings is 1. The van der Waals surface area contributed by atoms with Crippen LogP contribution in [0.1, 0.15) is 29.8 Å². The maximum absolute atomic E-state index is 13.5. The van der Waals surface area contributed by atoms with Crippen molar-refractivity contribution in [3.05, 3.63) is 29.1 Å². The molecule has 1 atom stereocenters. The molecule has 1 aromatic rings. The Balaban J connectivity index is 2.22. The number of ether oxygens (including phenoxy) is 1. The number of ketones is 1. The number of Topliss-reactive ketones (excluding diaryl/α,β-unsaturated/α-hetero) is 1. The Hall–Kier alpha value is -1.46. The van der Waals surface area contributed by atoms with Crippen molar-refractivity contribution >= 4 is 5.78 Å². The SMILES string of the molecule is CC(=O)c1cc(F)cc(CN2CCOC(C)C2)c1O. The first-order chi connectivity index (χ1) is 8.97. The molecule has 0 saturated carbocycles. The molecule has 1 N–H and O–H groups in total. The van der Waals surface area contributed by atoms with Crippen molar-refractivity contribution in [1.29, 1.82) is 0 Å². The van der Waals surface area contributed by atoms with Crippen LogP contribution in [0.25, 0.3) is 0 Å². The smallest absolute Gasteiger partial charge is 0.163 e. The third-order valence-electron chi connectivity index (χ3n) is 3.25. The first kappa shape index (κ1) is 14.0. The van der Waals surface area contributed by atoms with Crippen LogP contribution in [-0.4, -0.2) is 41.6 Å². The largest absolute Gasteiger partial charge is 0.507 e. The van der Waals surface area contributed by atoms with Gasteiger partial charge in [-0.3, -0.25) is 9.69 Å². The summed E-state index contributed by atoms with van der Waals surface area (Å²) in [4.78, 5) is 13.4. The van der Waals surface area contributed by atoms with Gasteiger partial charge in [0.1, 0.15) is 11.6 Å². The summed E-state index contributed by atoms with van der Waals surface area (Å²) in [5.41, 5.74) is 0.482. The molecule has 0 aromatic heterocycles. The highest BCUT2D eigenvalue weighted by Gasteiger charge is 2.20. The van der Waals surface area contributed by atoms with Crippen molar-refractivity contribution in [3.8, 4) is 5.75 Å². The van der Waals surface area contributed by atoms with Gasteiger partial charge >= 0.3 is 0 Å². The molecule has 19 heavy (non-hydrogen) atoms. The lowest BCUT2D eigenvalue weighted by Crippen LogP contribution is -2.40. The molecular formula is C14H18FNO3. The Morgan fingerprint density at radius 3 is 2.95 bits per heavy atom. The molecular weight excluding hydrogens is 249 g/mol. The van der Waals surface area contributed by atoms with Crippen molar-refractivity contribution in [3.63, 3.8) is 0 Å². The van der Waals surface area contributed by atoms with Crippen LogP contribution in [0.4, 0.5) is 4.39 Å². The fourth-order valence-electron chi connectivity index (χ4n) is 2.32. The van der Waals surface area contributed by atoms with Crippen LogP contribution >= 0.6 is 0 Å². The summed E-state index contributed by atoms with van der Waals surface area (Å²) in [5, 5.41) is 10.0. The van der Waals surface area contributed by atoms with E-state index in [0.29, 0.717) is 18.7 Å². The van der Waals surface area contributed by atoms with Crippen LogP contribution in [0.2, 0.25) is 0 Å². The van der Waals surface area contributed by atoms with E-state index in [0.717, 1.165) is 19.2 Å². The molecule has 0 aliphatic carbocycles. The van der Waals surface area contributed by atoms with Gasteiger partial charge in [0.2, 0.25) is 0 Å². The van der Waals surface area contributed by atoms with Crippen molar-refractivity contribution < 1.29 is 19.0 Å². The molecule has 0 spiro atoms. The summed E-state index contributed by atoms with van der Waals surface area (Å²) in [5.74, 6) is -0.957. The van der Waals surface area contributed by atoms with Gasteiger partial charge < -0.3 is 9.84 Å². The molecule has 1 heterocycles. The van der Waals surface area contributed by atoms with E-state index in [9.17, 15) is 14.3 Å². The van der Waals surface area contributed by atoms with Gasteiger partial charge in [-0.05, 0) is 26.0 Å². The minimum Gasteiger partial charge on any atom is -0.507 e. The Labute approximate surface area is 111 Å². The third kappa shape index (κ3) is 3.30. The van der Waals surface area contributed by atoms with Crippen LogP contribution in [0.5, 0.6) is 5.75 Å². The number of rotatable bonds is 3. The van der Waals surface area contributed by atoms with Crippen molar-refractivity contribution in [2.75, 3.05) is 19.7 Å². The molecule has 0 bridgehead atoms. The number of hydrogen-bond acceptors (Lipinski definition) is 4. The lowest BCUT2D eigenvalue weighted by Gasteiger charge is -2.31. The quantitative estimate of drug-likeness (QED) is 0.850. The second-order valence-electron chi connectivity index (χ2n) is 4.93. The van der Waals surface area contributed by atoms with Gasteiger partial charge in [-0.1, -0.05) is 0 Å². The molecule has 1 fully saturated rings. The minimum absolute atomic E-state index is 0.0382. The van der Waals surface area contributed by atoms with E-state index >= 15 is 0 Å². The highest BCUT2D eigenvalue weighted by molar-refractivity contribution is 5.97. The van der Waals surface area contributed by atoms with E-state index in [-0.39, 0.29) is 23.2 Å². The lowest BCUT2D eigenvalue weighted by molar-refractivity contribution is -0.0214. The van der Waals surface area contributed by atoms with E-state index in [1.54, 1.807) is 0 Å². The Kier molecular flexibility index (Phi) is 4.17. The molecule has 1 saturated heterocycles. The molecule has 0 amide bonds. The van der Waals surface area contributed by atoms with Crippen molar-refractivity contribution in [2.45, 2.75) is 26.5 Å². The number of carbonyl (C=O) groups is 1. The second-order valence-corrected chi connectivity index (χ2v) is 4.93. The van der Waals surface area contributed by atoms with Crippen LogP contribution in [0, 0.1) is 5.82 Å². The average Bonchev–Trinajstić information content (AvgIpc) is 2.33. The number of aromatic hydroxyl groups is 1. The van der Waals surface area contributed by atoms with Crippen LogP contribution in [-0.2, 0) is 11.3 Å². The summed E-state index contributed by atoms with van der Waals surface area (Å²) in [6.45, 7) is 5.78. The monoisotopic (exact) mass is 267 g/mol. The number of phenolic OH excluding ortho intramolecular Hbond substituents is 1. The molecule has 5 heteroatoms. The number of benzene rings is 1. The molecule has 1 aliphatic heterocycles. The van der Waals surface area contributed by atoms with E-state index in [1.807, 2.05) is 6.92 Å². The molecule has 0 radical (unpaired) electrons. The number of phenols is 1.